The lowest BCUT2D eigenvalue weighted by Crippen LogP contribution is -2.53. The maximum Gasteiger partial charge on any atom is 0.411 e. The normalized spacial score (nSPS) is 19.9. The molecule has 4 N–H and O–H groups in total. The summed E-state index contributed by atoms with van der Waals surface area (Å²) in [5.41, 5.74) is 0.406. The summed E-state index contributed by atoms with van der Waals surface area (Å²) in [6.45, 7) is 9.62. The summed E-state index contributed by atoms with van der Waals surface area (Å²) in [5.74, 6) is -2.24. The van der Waals surface area contributed by atoms with Crippen LogP contribution in [0.15, 0.2) is 66.9 Å². The molecule has 3 aromatic rings. The molecule has 0 aliphatic carbocycles. The standard InChI is InChI=1S/C42H55N7O9/c1-41(2,3)57-39(55)44-23-35(51)47(7)30-21-33(49(25-30)40(56)58-42(4,5)6)38(54)48-24-29(46-37(53)34(50)18-17-26-13-9-8-10-14-26)20-32(48)36(52)45-28-19-27-15-11-12-16-31(27)43-22-28/h8-16,19,22,29-30,32-34,50H,17-18,20-21,23-25H2,1-7H3,(H,44,55)(H,45,52)(H,46,53)/t29-,30-,32+,33+,34-/m1/s1. The van der Waals surface area contributed by atoms with Crippen LogP contribution < -0.4 is 16.0 Å². The van der Waals surface area contributed by atoms with E-state index in [1.165, 1.54) is 27.9 Å². The Kier molecular flexibility index (Phi) is 13.6. The minimum Gasteiger partial charge on any atom is -0.444 e. The molecule has 1 aromatic heterocycles. The summed E-state index contributed by atoms with van der Waals surface area (Å²) in [5, 5.41) is 19.7. The van der Waals surface area contributed by atoms with Gasteiger partial charge in [-0.25, -0.2) is 9.59 Å². The number of carbonyl (C=O) groups excluding carboxylic acids is 6. The van der Waals surface area contributed by atoms with Crippen molar-refractivity contribution in [1.29, 1.82) is 0 Å². The first-order valence-electron chi connectivity index (χ1n) is 19.5. The molecule has 0 unspecified atom stereocenters. The van der Waals surface area contributed by atoms with Gasteiger partial charge in [-0.1, -0.05) is 48.5 Å². The number of aromatic nitrogens is 1. The second-order valence-electron chi connectivity index (χ2n) is 16.8. The Hall–Kier alpha value is -5.77. The van der Waals surface area contributed by atoms with Crippen LogP contribution in [-0.4, -0.2) is 129 Å². The van der Waals surface area contributed by atoms with Crippen LogP contribution in [0.1, 0.15) is 66.4 Å². The van der Waals surface area contributed by atoms with Gasteiger partial charge >= 0.3 is 12.2 Å². The lowest BCUT2D eigenvalue weighted by Gasteiger charge is -2.32. The van der Waals surface area contributed by atoms with Gasteiger partial charge in [0.25, 0.3) is 0 Å². The minimum absolute atomic E-state index is 0.00140. The van der Waals surface area contributed by atoms with Gasteiger partial charge in [-0.2, -0.15) is 0 Å². The van der Waals surface area contributed by atoms with Crippen molar-refractivity contribution in [3.63, 3.8) is 0 Å². The number of aliphatic hydroxyl groups excluding tert-OH is 1. The van der Waals surface area contributed by atoms with Crippen LogP contribution in [0.4, 0.5) is 15.3 Å². The second kappa shape index (κ2) is 18.2. The molecular formula is C42H55N7O9. The number of carbonyl (C=O) groups is 6. The van der Waals surface area contributed by atoms with Crippen molar-refractivity contribution >= 4 is 52.4 Å². The summed E-state index contributed by atoms with van der Waals surface area (Å²) >= 11 is 0. The van der Waals surface area contributed by atoms with Crippen molar-refractivity contribution in [2.45, 2.75) is 109 Å². The molecule has 312 valence electrons. The number of aliphatic hydroxyl groups is 1. The number of para-hydroxylation sites is 1. The van der Waals surface area contributed by atoms with Crippen LogP contribution in [0.25, 0.3) is 10.9 Å². The van der Waals surface area contributed by atoms with E-state index < -0.39 is 77.3 Å². The molecule has 0 spiro atoms. The number of anilines is 1. The molecule has 0 radical (unpaired) electrons. The number of likely N-dealkylation sites (tertiary alicyclic amines) is 2. The number of benzene rings is 2. The van der Waals surface area contributed by atoms with Crippen molar-refractivity contribution in [2.24, 2.45) is 0 Å². The number of amides is 6. The van der Waals surface area contributed by atoms with Crippen LogP contribution >= 0.6 is 0 Å². The minimum atomic E-state index is -1.34. The van der Waals surface area contributed by atoms with Gasteiger partial charge < -0.3 is 40.3 Å². The van der Waals surface area contributed by atoms with Crippen molar-refractivity contribution in [1.82, 2.24) is 30.3 Å². The molecule has 2 aromatic carbocycles. The van der Waals surface area contributed by atoms with E-state index in [0.717, 1.165) is 16.5 Å². The largest absolute Gasteiger partial charge is 0.444 e. The molecule has 2 aliphatic heterocycles. The van der Waals surface area contributed by atoms with E-state index in [2.05, 4.69) is 20.9 Å². The number of hydrogen-bond donors (Lipinski definition) is 4. The average molecular weight is 802 g/mol. The fourth-order valence-corrected chi connectivity index (χ4v) is 7.01. The Morgan fingerprint density at radius 1 is 0.879 bits per heavy atom. The monoisotopic (exact) mass is 801 g/mol. The number of pyridine rings is 1. The average Bonchev–Trinajstić information content (AvgIpc) is 3.80. The Morgan fingerprint density at radius 2 is 1.55 bits per heavy atom. The van der Waals surface area contributed by atoms with Gasteiger partial charge in [0.05, 0.1) is 23.4 Å². The predicted molar refractivity (Wildman–Crippen MR) is 215 cm³/mol. The highest BCUT2D eigenvalue weighted by atomic mass is 16.6. The van der Waals surface area contributed by atoms with Gasteiger partial charge in [0.15, 0.2) is 0 Å². The number of rotatable bonds is 11. The first kappa shape index (κ1) is 43.4. The molecule has 5 rings (SSSR count). The van der Waals surface area contributed by atoms with E-state index in [0.29, 0.717) is 12.1 Å². The summed E-state index contributed by atoms with van der Waals surface area (Å²) in [7, 11) is 1.52. The summed E-state index contributed by atoms with van der Waals surface area (Å²) in [6.07, 6.45) is -0.724. The Bertz CT molecular complexity index is 1980. The highest BCUT2D eigenvalue weighted by Crippen LogP contribution is 2.30. The SMILES string of the molecule is CN(C(=O)CNC(=O)OC(C)(C)C)[C@@H]1C[C@@H](C(=O)N2C[C@H](NC(=O)[C@H](O)CCc3ccccc3)C[C@H]2C(=O)Nc2cnc3ccccc3c2)N(C(=O)OC(C)(C)C)C1. The van der Waals surface area contributed by atoms with Crippen LogP contribution in [0.5, 0.6) is 0 Å². The molecule has 16 heteroatoms. The Labute approximate surface area is 338 Å². The first-order chi connectivity index (χ1) is 27.3. The Morgan fingerprint density at radius 3 is 2.24 bits per heavy atom. The lowest BCUT2D eigenvalue weighted by atomic mass is 10.1. The molecular weight excluding hydrogens is 747 g/mol. The number of ether oxygens (including phenoxy) is 2. The third-order valence-electron chi connectivity index (χ3n) is 9.86. The summed E-state index contributed by atoms with van der Waals surface area (Å²) in [4.78, 5) is 89.6. The van der Waals surface area contributed by atoms with Crippen molar-refractivity contribution in [3.05, 3.63) is 72.4 Å². The van der Waals surface area contributed by atoms with Gasteiger partial charge in [-0.15, -0.1) is 0 Å². The van der Waals surface area contributed by atoms with E-state index in [9.17, 15) is 33.9 Å². The molecule has 0 bridgehead atoms. The van der Waals surface area contributed by atoms with E-state index in [1.807, 2.05) is 54.6 Å². The lowest BCUT2D eigenvalue weighted by molar-refractivity contribution is -0.140. The fraction of sp³-hybridized carbons (Fsp3) is 0.500. The third-order valence-corrected chi connectivity index (χ3v) is 9.86. The number of hydrogen-bond acceptors (Lipinski definition) is 10. The molecule has 0 saturated carbocycles. The number of aryl methyl sites for hydroxylation is 1. The van der Waals surface area contributed by atoms with E-state index >= 15 is 0 Å². The van der Waals surface area contributed by atoms with E-state index in [4.69, 9.17) is 9.47 Å². The van der Waals surface area contributed by atoms with Gasteiger partial charge in [0.2, 0.25) is 23.6 Å². The van der Waals surface area contributed by atoms with Gasteiger partial charge in [-0.3, -0.25) is 29.1 Å². The van der Waals surface area contributed by atoms with Crippen LogP contribution in [0.2, 0.25) is 0 Å². The van der Waals surface area contributed by atoms with Crippen molar-refractivity contribution in [2.75, 3.05) is 32.0 Å². The zero-order valence-electron chi connectivity index (χ0n) is 34.2. The van der Waals surface area contributed by atoms with Gasteiger partial charge in [0, 0.05) is 31.6 Å². The highest BCUT2D eigenvalue weighted by molar-refractivity contribution is 6.00. The zero-order chi connectivity index (χ0) is 42.4. The third kappa shape index (κ3) is 11.6. The second-order valence-corrected chi connectivity index (χ2v) is 16.8. The number of fused-ring (bicyclic) bond motifs is 1. The smallest absolute Gasteiger partial charge is 0.411 e. The van der Waals surface area contributed by atoms with Crippen molar-refractivity contribution in [3.8, 4) is 0 Å². The maximum atomic E-state index is 14.7. The number of nitrogens with zero attached hydrogens (tertiary/aromatic N) is 4. The van der Waals surface area contributed by atoms with Gasteiger partial charge in [0.1, 0.15) is 35.9 Å². The molecule has 2 saturated heterocycles. The fourth-order valence-electron chi connectivity index (χ4n) is 7.01. The Balaban J connectivity index is 1.36. The predicted octanol–water partition coefficient (Wildman–Crippen LogP) is 3.61. The van der Waals surface area contributed by atoms with E-state index in [-0.39, 0.29) is 38.9 Å². The molecule has 5 atom stereocenters. The number of likely N-dealkylation sites (N-methyl/N-ethyl adjacent to an activating group) is 1. The molecule has 58 heavy (non-hydrogen) atoms. The number of alkyl carbamates (subject to hydrolysis) is 1. The highest BCUT2D eigenvalue weighted by Gasteiger charge is 2.49. The zero-order valence-corrected chi connectivity index (χ0v) is 34.2. The van der Waals surface area contributed by atoms with Crippen LogP contribution in [0, 0.1) is 0 Å². The van der Waals surface area contributed by atoms with Gasteiger partial charge in [-0.05, 0) is 84.9 Å². The molecule has 2 fully saturated rings. The van der Waals surface area contributed by atoms with E-state index in [1.54, 1.807) is 47.6 Å². The van der Waals surface area contributed by atoms with Crippen molar-refractivity contribution < 1.29 is 43.3 Å². The molecule has 2 aliphatic rings. The number of nitrogens with one attached hydrogen (secondary N) is 3. The topological polar surface area (TPSA) is 200 Å². The molecule has 16 nitrogen and oxygen atoms in total. The maximum absolute atomic E-state index is 14.7. The summed E-state index contributed by atoms with van der Waals surface area (Å²) < 4.78 is 10.9. The van der Waals surface area contributed by atoms with Crippen LogP contribution in [0.3, 0.4) is 0 Å². The first-order valence-corrected chi connectivity index (χ1v) is 19.5. The molecule has 3 heterocycles. The molecule has 6 amide bonds. The quantitative estimate of drug-likeness (QED) is 0.222. The summed E-state index contributed by atoms with van der Waals surface area (Å²) in [6, 6.07) is 15.0. The van der Waals surface area contributed by atoms with Crippen LogP contribution in [-0.2, 0) is 35.1 Å².